The first-order valence-electron chi connectivity index (χ1n) is 12.0. The monoisotopic (exact) mass is 429 g/mol. The molecule has 1 fully saturated rings. The van der Waals surface area contributed by atoms with Crippen molar-refractivity contribution >= 4 is 5.78 Å². The maximum absolute atomic E-state index is 11.8. The Bertz CT molecular complexity index is 1010. The van der Waals surface area contributed by atoms with Crippen molar-refractivity contribution in [2.75, 3.05) is 13.1 Å². The highest BCUT2D eigenvalue weighted by Gasteiger charge is 2.20. The standard InChI is InChI=1S/C28H35N3O/c1-4-28(32)26-11-9-25(10-12-26)24-7-5-22(6-8-24)18-30-15-13-23(14-16-30)19-31-20-27(17-29-31)21(2)3/h5-12,17,20-21,23H,4,13-16,18-19H2,1-3H3. The molecule has 2 aromatic carbocycles. The Hall–Kier alpha value is -2.72. The summed E-state index contributed by atoms with van der Waals surface area (Å²) in [6, 6.07) is 16.8. The molecule has 0 N–H and O–H groups in total. The number of rotatable bonds is 8. The fourth-order valence-electron chi connectivity index (χ4n) is 4.48. The summed E-state index contributed by atoms with van der Waals surface area (Å²) >= 11 is 0. The SMILES string of the molecule is CCC(=O)c1ccc(-c2ccc(CN3CCC(Cn4cc(C(C)C)cn4)CC3)cc2)cc1. The third-order valence-corrected chi connectivity index (χ3v) is 6.69. The number of aromatic nitrogens is 2. The number of hydrogen-bond acceptors (Lipinski definition) is 3. The molecule has 1 saturated heterocycles. The second kappa shape index (κ2) is 10.3. The number of ketones is 1. The molecule has 4 rings (SSSR count). The zero-order chi connectivity index (χ0) is 22.5. The van der Waals surface area contributed by atoms with E-state index in [1.165, 1.54) is 29.5 Å². The maximum Gasteiger partial charge on any atom is 0.162 e. The van der Waals surface area contributed by atoms with Gasteiger partial charge in [-0.1, -0.05) is 69.3 Å². The third kappa shape index (κ3) is 5.55. The lowest BCUT2D eigenvalue weighted by atomic mass is 9.96. The molecule has 0 atom stereocenters. The van der Waals surface area contributed by atoms with Gasteiger partial charge in [0.15, 0.2) is 5.78 Å². The zero-order valence-corrected chi connectivity index (χ0v) is 19.6. The van der Waals surface area contributed by atoms with Gasteiger partial charge in [-0.25, -0.2) is 0 Å². The summed E-state index contributed by atoms with van der Waals surface area (Å²) in [5.74, 6) is 1.46. The van der Waals surface area contributed by atoms with E-state index in [2.05, 4.69) is 59.0 Å². The summed E-state index contributed by atoms with van der Waals surface area (Å²) in [4.78, 5) is 14.4. The number of Topliss-reactive ketones (excluding diaryl/α,β-unsaturated/α-hetero) is 1. The Kier molecular flexibility index (Phi) is 7.21. The Morgan fingerprint density at radius 1 is 1.00 bits per heavy atom. The molecule has 168 valence electrons. The summed E-state index contributed by atoms with van der Waals surface area (Å²) in [5.41, 5.74) is 5.84. The van der Waals surface area contributed by atoms with Crippen molar-refractivity contribution in [2.45, 2.75) is 59.0 Å². The van der Waals surface area contributed by atoms with Crippen molar-refractivity contribution < 1.29 is 4.79 Å². The molecule has 1 aromatic heterocycles. The van der Waals surface area contributed by atoms with Crippen LogP contribution in [0.3, 0.4) is 0 Å². The Morgan fingerprint density at radius 3 is 2.19 bits per heavy atom. The van der Waals surface area contributed by atoms with Gasteiger partial charge in [0.1, 0.15) is 0 Å². The van der Waals surface area contributed by atoms with Crippen molar-refractivity contribution in [3.63, 3.8) is 0 Å². The molecule has 0 unspecified atom stereocenters. The van der Waals surface area contributed by atoms with Crippen LogP contribution in [0.25, 0.3) is 11.1 Å². The average Bonchev–Trinajstić information content (AvgIpc) is 3.29. The van der Waals surface area contributed by atoms with Crippen molar-refractivity contribution in [1.29, 1.82) is 0 Å². The number of piperidine rings is 1. The van der Waals surface area contributed by atoms with Gasteiger partial charge in [-0.15, -0.1) is 0 Å². The number of carbonyl (C=O) groups excluding carboxylic acids is 1. The van der Waals surface area contributed by atoms with Gasteiger partial charge in [0.2, 0.25) is 0 Å². The summed E-state index contributed by atoms with van der Waals surface area (Å²) in [6.45, 7) is 10.7. The molecule has 3 aromatic rings. The minimum Gasteiger partial charge on any atom is -0.299 e. The van der Waals surface area contributed by atoms with E-state index in [1.807, 2.05) is 37.4 Å². The molecule has 0 spiro atoms. The highest BCUT2D eigenvalue weighted by molar-refractivity contribution is 5.96. The highest BCUT2D eigenvalue weighted by Crippen LogP contribution is 2.24. The largest absolute Gasteiger partial charge is 0.299 e. The van der Waals surface area contributed by atoms with Crippen molar-refractivity contribution in [3.05, 3.63) is 77.6 Å². The Balaban J connectivity index is 1.27. The van der Waals surface area contributed by atoms with Crippen LogP contribution in [0.2, 0.25) is 0 Å². The van der Waals surface area contributed by atoms with Gasteiger partial charge < -0.3 is 0 Å². The number of carbonyl (C=O) groups is 1. The lowest BCUT2D eigenvalue weighted by Gasteiger charge is -2.32. The first-order valence-corrected chi connectivity index (χ1v) is 12.0. The predicted octanol–water partition coefficient (Wildman–Crippen LogP) is 6.18. The second-order valence-corrected chi connectivity index (χ2v) is 9.42. The van der Waals surface area contributed by atoms with Crippen molar-refractivity contribution in [1.82, 2.24) is 14.7 Å². The van der Waals surface area contributed by atoms with Gasteiger partial charge in [0.25, 0.3) is 0 Å². The number of hydrogen-bond donors (Lipinski definition) is 0. The highest BCUT2D eigenvalue weighted by atomic mass is 16.1. The second-order valence-electron chi connectivity index (χ2n) is 9.42. The fraction of sp³-hybridized carbons (Fsp3) is 0.429. The number of likely N-dealkylation sites (tertiary alicyclic amines) is 1. The van der Waals surface area contributed by atoms with Gasteiger partial charge >= 0.3 is 0 Å². The molecular weight excluding hydrogens is 394 g/mol. The third-order valence-electron chi connectivity index (χ3n) is 6.69. The van der Waals surface area contributed by atoms with E-state index in [4.69, 9.17) is 0 Å². The summed E-state index contributed by atoms with van der Waals surface area (Å²) in [5, 5.41) is 4.56. The fourth-order valence-corrected chi connectivity index (χ4v) is 4.48. The van der Waals surface area contributed by atoms with Gasteiger partial charge in [0, 0.05) is 31.3 Å². The van der Waals surface area contributed by atoms with Crippen LogP contribution in [0.1, 0.15) is 67.4 Å². The summed E-state index contributed by atoms with van der Waals surface area (Å²) in [7, 11) is 0. The van der Waals surface area contributed by atoms with Crippen LogP contribution in [0.5, 0.6) is 0 Å². The topological polar surface area (TPSA) is 38.1 Å². The first kappa shape index (κ1) is 22.5. The lowest BCUT2D eigenvalue weighted by molar-refractivity contribution is 0.0988. The first-order chi connectivity index (χ1) is 15.5. The summed E-state index contributed by atoms with van der Waals surface area (Å²) in [6.07, 6.45) is 7.25. The molecule has 0 radical (unpaired) electrons. The van der Waals surface area contributed by atoms with Gasteiger partial charge in [-0.3, -0.25) is 14.4 Å². The summed E-state index contributed by atoms with van der Waals surface area (Å²) < 4.78 is 2.14. The van der Waals surface area contributed by atoms with Crippen LogP contribution in [0.15, 0.2) is 60.9 Å². The molecule has 0 amide bonds. The number of benzene rings is 2. The van der Waals surface area contributed by atoms with E-state index in [9.17, 15) is 4.79 Å². The molecule has 0 saturated carbocycles. The van der Waals surface area contributed by atoms with Crippen LogP contribution < -0.4 is 0 Å². The van der Waals surface area contributed by atoms with E-state index >= 15 is 0 Å². The quantitative estimate of drug-likeness (QED) is 0.401. The van der Waals surface area contributed by atoms with E-state index in [0.717, 1.165) is 43.2 Å². The molecule has 4 heteroatoms. The van der Waals surface area contributed by atoms with E-state index in [0.29, 0.717) is 12.3 Å². The Labute approximate surface area is 192 Å². The van der Waals surface area contributed by atoms with E-state index in [1.54, 1.807) is 0 Å². The minimum absolute atomic E-state index is 0.195. The van der Waals surface area contributed by atoms with Crippen LogP contribution in [-0.4, -0.2) is 33.6 Å². The van der Waals surface area contributed by atoms with Gasteiger partial charge in [0.05, 0.1) is 6.20 Å². The minimum atomic E-state index is 0.195. The van der Waals surface area contributed by atoms with Crippen LogP contribution in [0.4, 0.5) is 0 Å². The van der Waals surface area contributed by atoms with Crippen molar-refractivity contribution in [2.24, 2.45) is 5.92 Å². The predicted molar refractivity (Wildman–Crippen MR) is 131 cm³/mol. The Morgan fingerprint density at radius 2 is 1.62 bits per heavy atom. The maximum atomic E-state index is 11.8. The van der Waals surface area contributed by atoms with E-state index in [-0.39, 0.29) is 5.78 Å². The molecule has 4 nitrogen and oxygen atoms in total. The van der Waals surface area contributed by atoms with Gasteiger partial charge in [-0.05, 0) is 60.0 Å². The number of nitrogens with zero attached hydrogens (tertiary/aromatic N) is 3. The normalized spacial score (nSPS) is 15.4. The van der Waals surface area contributed by atoms with E-state index < -0.39 is 0 Å². The molecule has 32 heavy (non-hydrogen) atoms. The van der Waals surface area contributed by atoms with Gasteiger partial charge in [-0.2, -0.15) is 5.10 Å². The smallest absolute Gasteiger partial charge is 0.162 e. The molecule has 1 aliphatic heterocycles. The van der Waals surface area contributed by atoms with Crippen LogP contribution in [-0.2, 0) is 13.1 Å². The van der Waals surface area contributed by atoms with Crippen LogP contribution in [0, 0.1) is 5.92 Å². The average molecular weight is 430 g/mol. The lowest BCUT2D eigenvalue weighted by Crippen LogP contribution is -2.34. The molecular formula is C28H35N3O. The molecule has 1 aliphatic rings. The molecule has 2 heterocycles. The molecule has 0 aliphatic carbocycles. The molecule has 0 bridgehead atoms. The van der Waals surface area contributed by atoms with Crippen LogP contribution >= 0.6 is 0 Å². The zero-order valence-electron chi connectivity index (χ0n) is 19.6. The van der Waals surface area contributed by atoms with Crippen molar-refractivity contribution in [3.8, 4) is 11.1 Å².